The van der Waals surface area contributed by atoms with Gasteiger partial charge in [-0.05, 0) is 30.2 Å². The first kappa shape index (κ1) is 19.5. The molecule has 0 unspecified atom stereocenters. The number of hydrogen-bond acceptors (Lipinski definition) is 3. The van der Waals surface area contributed by atoms with E-state index < -0.39 is 0 Å². The highest BCUT2D eigenvalue weighted by molar-refractivity contribution is 14.0. The standard InChI is InChI=1S/C18H19ClN4O.HI/c1-20-18(21-9-8-13-6-7-17(19)22-11-13)23-12-15-10-14-4-2-3-5-16(14)24-15;/h2-7,10-11H,8-9,12H2,1H3,(H2,20,21,23);1H. The molecule has 2 aromatic heterocycles. The number of hydrogen-bond donors (Lipinski definition) is 2. The van der Waals surface area contributed by atoms with Crippen molar-refractivity contribution in [2.24, 2.45) is 4.99 Å². The largest absolute Gasteiger partial charge is 0.459 e. The second kappa shape index (κ2) is 9.62. The Kier molecular flexibility index (Phi) is 7.52. The lowest BCUT2D eigenvalue weighted by Gasteiger charge is -2.10. The normalized spacial score (nSPS) is 11.2. The first-order valence-corrected chi connectivity index (χ1v) is 8.15. The van der Waals surface area contributed by atoms with Crippen molar-refractivity contribution in [2.45, 2.75) is 13.0 Å². The molecule has 0 bridgehead atoms. The van der Waals surface area contributed by atoms with E-state index in [0.29, 0.717) is 11.7 Å². The fourth-order valence-electron chi connectivity index (χ4n) is 2.39. The van der Waals surface area contributed by atoms with Crippen LogP contribution in [0.1, 0.15) is 11.3 Å². The summed E-state index contributed by atoms with van der Waals surface area (Å²) in [4.78, 5) is 8.29. The van der Waals surface area contributed by atoms with Gasteiger partial charge in [-0.25, -0.2) is 4.98 Å². The molecule has 5 nitrogen and oxygen atoms in total. The van der Waals surface area contributed by atoms with Crippen LogP contribution in [0.4, 0.5) is 0 Å². The Morgan fingerprint density at radius 2 is 2.04 bits per heavy atom. The van der Waals surface area contributed by atoms with Gasteiger partial charge in [0.1, 0.15) is 16.5 Å². The van der Waals surface area contributed by atoms with Crippen molar-refractivity contribution in [3.8, 4) is 0 Å². The van der Waals surface area contributed by atoms with Gasteiger partial charge >= 0.3 is 0 Å². The van der Waals surface area contributed by atoms with Crippen LogP contribution < -0.4 is 10.6 Å². The molecular weight excluding hydrogens is 451 g/mol. The molecule has 0 aliphatic carbocycles. The van der Waals surface area contributed by atoms with E-state index in [0.717, 1.165) is 41.2 Å². The van der Waals surface area contributed by atoms with Crippen molar-refractivity contribution in [3.63, 3.8) is 0 Å². The van der Waals surface area contributed by atoms with Crippen molar-refractivity contribution in [3.05, 3.63) is 65.1 Å². The molecule has 0 amide bonds. The monoisotopic (exact) mass is 470 g/mol. The van der Waals surface area contributed by atoms with Gasteiger partial charge in [0.25, 0.3) is 0 Å². The number of rotatable bonds is 5. The highest BCUT2D eigenvalue weighted by Crippen LogP contribution is 2.18. The van der Waals surface area contributed by atoms with Crippen molar-refractivity contribution >= 4 is 52.5 Å². The summed E-state index contributed by atoms with van der Waals surface area (Å²) in [7, 11) is 1.75. The van der Waals surface area contributed by atoms with Crippen LogP contribution >= 0.6 is 35.6 Å². The number of nitrogens with zero attached hydrogens (tertiary/aromatic N) is 2. The third-order valence-corrected chi connectivity index (χ3v) is 3.85. The molecule has 1 aromatic carbocycles. The maximum Gasteiger partial charge on any atom is 0.191 e. The molecule has 132 valence electrons. The lowest BCUT2D eigenvalue weighted by Crippen LogP contribution is -2.37. The second-order valence-electron chi connectivity index (χ2n) is 5.34. The SMILES string of the molecule is CN=C(NCCc1ccc(Cl)nc1)NCc1cc2ccccc2o1.I. The molecule has 25 heavy (non-hydrogen) atoms. The molecular formula is C18H20ClIN4O. The van der Waals surface area contributed by atoms with E-state index in [-0.39, 0.29) is 24.0 Å². The fraction of sp³-hybridized carbons (Fsp3) is 0.222. The maximum absolute atomic E-state index is 5.78. The number of pyridine rings is 1. The molecule has 0 fully saturated rings. The minimum Gasteiger partial charge on any atom is -0.459 e. The Balaban J connectivity index is 0.00000225. The summed E-state index contributed by atoms with van der Waals surface area (Å²) in [6.45, 7) is 1.33. The van der Waals surface area contributed by atoms with Gasteiger partial charge in [-0.15, -0.1) is 24.0 Å². The average Bonchev–Trinajstić information content (AvgIpc) is 3.02. The summed E-state index contributed by atoms with van der Waals surface area (Å²) < 4.78 is 5.78. The predicted molar refractivity (Wildman–Crippen MR) is 113 cm³/mol. The van der Waals surface area contributed by atoms with E-state index in [1.807, 2.05) is 36.4 Å². The Labute approximate surface area is 168 Å². The Bertz CT molecular complexity index is 799. The van der Waals surface area contributed by atoms with E-state index in [1.165, 1.54) is 0 Å². The number of para-hydroxylation sites is 1. The minimum atomic E-state index is 0. The summed E-state index contributed by atoms with van der Waals surface area (Å²) in [5, 5.41) is 8.14. The minimum absolute atomic E-state index is 0. The second-order valence-corrected chi connectivity index (χ2v) is 5.73. The number of fused-ring (bicyclic) bond motifs is 1. The number of aromatic nitrogens is 1. The number of halogens is 2. The van der Waals surface area contributed by atoms with Gasteiger partial charge in [-0.3, -0.25) is 4.99 Å². The molecule has 2 heterocycles. The van der Waals surface area contributed by atoms with Gasteiger partial charge < -0.3 is 15.1 Å². The zero-order valence-corrected chi connectivity index (χ0v) is 16.9. The molecule has 2 N–H and O–H groups in total. The summed E-state index contributed by atoms with van der Waals surface area (Å²) in [5.74, 6) is 1.61. The summed E-state index contributed by atoms with van der Waals surface area (Å²) >= 11 is 5.78. The lowest BCUT2D eigenvalue weighted by molar-refractivity contribution is 0.538. The zero-order chi connectivity index (χ0) is 16.8. The van der Waals surface area contributed by atoms with E-state index in [9.17, 15) is 0 Å². The van der Waals surface area contributed by atoms with Crippen LogP contribution in [0, 0.1) is 0 Å². The van der Waals surface area contributed by atoms with Crippen LogP contribution in [0.25, 0.3) is 11.0 Å². The Morgan fingerprint density at radius 3 is 2.76 bits per heavy atom. The smallest absolute Gasteiger partial charge is 0.191 e. The third-order valence-electron chi connectivity index (χ3n) is 3.62. The highest BCUT2D eigenvalue weighted by atomic mass is 127. The van der Waals surface area contributed by atoms with E-state index in [2.05, 4.69) is 20.6 Å². The zero-order valence-electron chi connectivity index (χ0n) is 13.8. The highest BCUT2D eigenvalue weighted by Gasteiger charge is 2.04. The van der Waals surface area contributed by atoms with Crippen molar-refractivity contribution in [1.82, 2.24) is 15.6 Å². The molecule has 3 aromatic rings. The molecule has 0 radical (unpaired) electrons. The third kappa shape index (κ3) is 5.61. The molecule has 7 heteroatoms. The Hall–Kier alpha value is -1.80. The van der Waals surface area contributed by atoms with Crippen LogP contribution in [0.3, 0.4) is 0 Å². The maximum atomic E-state index is 5.78. The van der Waals surface area contributed by atoms with E-state index in [1.54, 1.807) is 19.3 Å². The number of nitrogens with one attached hydrogen (secondary N) is 2. The van der Waals surface area contributed by atoms with Crippen molar-refractivity contribution < 1.29 is 4.42 Å². The Morgan fingerprint density at radius 1 is 1.20 bits per heavy atom. The average molecular weight is 471 g/mol. The molecule has 0 spiro atoms. The van der Waals surface area contributed by atoms with E-state index in [4.69, 9.17) is 16.0 Å². The molecule has 0 atom stereocenters. The molecule has 3 rings (SSSR count). The van der Waals surface area contributed by atoms with Crippen LogP contribution in [0.15, 0.2) is 58.1 Å². The van der Waals surface area contributed by atoms with Gasteiger partial charge in [0.05, 0.1) is 6.54 Å². The molecule has 0 aliphatic heterocycles. The summed E-state index contributed by atoms with van der Waals surface area (Å²) in [6.07, 6.45) is 2.63. The molecule has 0 saturated heterocycles. The summed E-state index contributed by atoms with van der Waals surface area (Å²) in [6, 6.07) is 13.8. The van der Waals surface area contributed by atoms with Crippen LogP contribution in [0.5, 0.6) is 0 Å². The van der Waals surface area contributed by atoms with Gasteiger partial charge in [0, 0.05) is 25.2 Å². The number of benzene rings is 1. The fourth-order valence-corrected chi connectivity index (χ4v) is 2.51. The molecule has 0 aliphatic rings. The van der Waals surface area contributed by atoms with Crippen LogP contribution in [-0.4, -0.2) is 24.5 Å². The number of aliphatic imine (C=N–C) groups is 1. The van der Waals surface area contributed by atoms with Crippen molar-refractivity contribution in [1.29, 1.82) is 0 Å². The van der Waals surface area contributed by atoms with Gasteiger partial charge in [-0.2, -0.15) is 0 Å². The first-order valence-electron chi connectivity index (χ1n) is 7.77. The van der Waals surface area contributed by atoms with Crippen LogP contribution in [0.2, 0.25) is 5.15 Å². The number of guanidine groups is 1. The van der Waals surface area contributed by atoms with Crippen molar-refractivity contribution in [2.75, 3.05) is 13.6 Å². The number of furan rings is 1. The van der Waals surface area contributed by atoms with E-state index >= 15 is 0 Å². The summed E-state index contributed by atoms with van der Waals surface area (Å²) in [5.41, 5.74) is 2.02. The van der Waals surface area contributed by atoms with Gasteiger partial charge in [0.2, 0.25) is 0 Å². The first-order chi connectivity index (χ1) is 11.7. The topological polar surface area (TPSA) is 62.5 Å². The van der Waals surface area contributed by atoms with Gasteiger partial charge in [-0.1, -0.05) is 35.9 Å². The predicted octanol–water partition coefficient (Wildman–Crippen LogP) is 4.01. The quantitative estimate of drug-likeness (QED) is 0.256. The van der Waals surface area contributed by atoms with Gasteiger partial charge in [0.15, 0.2) is 5.96 Å². The lowest BCUT2D eigenvalue weighted by atomic mass is 10.2. The molecule has 0 saturated carbocycles. The van der Waals surface area contributed by atoms with Crippen LogP contribution in [-0.2, 0) is 13.0 Å².